The van der Waals surface area contributed by atoms with Crippen molar-refractivity contribution in [2.75, 3.05) is 5.73 Å². The van der Waals surface area contributed by atoms with Gasteiger partial charge in [0.05, 0.1) is 10.9 Å². The van der Waals surface area contributed by atoms with Crippen molar-refractivity contribution in [3.8, 4) is 0 Å². The molecule has 0 saturated carbocycles. The zero-order valence-corrected chi connectivity index (χ0v) is 7.17. The first-order valence-corrected chi connectivity index (χ1v) is 3.85. The Balaban J connectivity index is 2.95. The molecule has 0 saturated heterocycles. The number of nitrogens with two attached hydrogens (primary N) is 1. The number of H-pyrrole nitrogens is 1. The number of nitrogens with one attached hydrogen (secondary N) is 1. The largest absolute Gasteiger partial charge is 0.369 e. The molecular weight excluding hydrogens is 192 g/mol. The van der Waals surface area contributed by atoms with Crippen LogP contribution < -0.4 is 11.3 Å². The van der Waals surface area contributed by atoms with E-state index in [0.717, 1.165) is 0 Å². The number of fused-ring (bicyclic) bond motifs is 1. The lowest BCUT2D eigenvalue weighted by Crippen LogP contribution is -2.11. The Hall–Kier alpha value is -1.62. The van der Waals surface area contributed by atoms with Crippen LogP contribution in [0.3, 0.4) is 0 Å². The van der Waals surface area contributed by atoms with E-state index < -0.39 is 0 Å². The highest BCUT2D eigenvalue weighted by molar-refractivity contribution is 6.29. The third-order valence-electron chi connectivity index (χ3n) is 1.58. The van der Waals surface area contributed by atoms with Gasteiger partial charge in [-0.05, 0) is 0 Å². The van der Waals surface area contributed by atoms with Crippen LogP contribution in [0.5, 0.6) is 0 Å². The molecule has 0 radical (unpaired) electrons. The van der Waals surface area contributed by atoms with Crippen molar-refractivity contribution < 1.29 is 0 Å². The number of nitrogens with zero attached hydrogens (tertiary/aromatic N) is 2. The molecule has 2 heterocycles. The highest BCUT2D eigenvalue weighted by Gasteiger charge is 2.02. The van der Waals surface area contributed by atoms with E-state index in [0.29, 0.717) is 10.9 Å². The number of hydrogen-bond acceptors (Lipinski definition) is 4. The van der Waals surface area contributed by atoms with Gasteiger partial charge in [-0.25, -0.2) is 9.97 Å². The summed E-state index contributed by atoms with van der Waals surface area (Å²) in [5, 5.41) is 0.656. The molecule has 2 rings (SSSR count). The second-order valence-electron chi connectivity index (χ2n) is 2.48. The van der Waals surface area contributed by atoms with Crippen molar-refractivity contribution in [1.29, 1.82) is 0 Å². The number of rotatable bonds is 0. The number of nitrogen functional groups attached to an aromatic ring is 1. The number of aromatic amines is 1. The maximum atomic E-state index is 11.3. The van der Waals surface area contributed by atoms with Gasteiger partial charge in [-0.2, -0.15) is 0 Å². The van der Waals surface area contributed by atoms with Crippen LogP contribution in [-0.4, -0.2) is 15.0 Å². The summed E-state index contributed by atoms with van der Waals surface area (Å²) >= 11 is 5.62. The monoisotopic (exact) mass is 196 g/mol. The molecule has 0 atom stereocenters. The fourth-order valence-electron chi connectivity index (χ4n) is 1.03. The fourth-order valence-corrected chi connectivity index (χ4v) is 1.18. The van der Waals surface area contributed by atoms with E-state index in [1.165, 1.54) is 12.3 Å². The van der Waals surface area contributed by atoms with E-state index in [2.05, 4.69) is 15.0 Å². The standard InChI is InChI=1S/C7H5ClN4O/c8-5-1-4-3(2-10-5)6(13)12-7(9)11-4/h1-2H,(H3,9,11,12,13). The Morgan fingerprint density at radius 1 is 1.54 bits per heavy atom. The molecule has 3 N–H and O–H groups in total. The number of aromatic nitrogens is 3. The Bertz CT molecular complexity index is 516. The fraction of sp³-hybridized carbons (Fsp3) is 0. The number of anilines is 1. The van der Waals surface area contributed by atoms with Crippen molar-refractivity contribution in [3.05, 3.63) is 27.8 Å². The summed E-state index contributed by atoms with van der Waals surface area (Å²) in [7, 11) is 0. The van der Waals surface area contributed by atoms with E-state index >= 15 is 0 Å². The Labute approximate surface area is 77.6 Å². The van der Waals surface area contributed by atoms with Gasteiger partial charge in [0.15, 0.2) is 0 Å². The first kappa shape index (κ1) is 8.00. The van der Waals surface area contributed by atoms with Crippen molar-refractivity contribution in [2.45, 2.75) is 0 Å². The van der Waals surface area contributed by atoms with E-state index in [1.807, 2.05) is 0 Å². The summed E-state index contributed by atoms with van der Waals surface area (Å²) in [5.41, 5.74) is 5.48. The first-order valence-electron chi connectivity index (χ1n) is 3.48. The van der Waals surface area contributed by atoms with E-state index in [9.17, 15) is 4.79 Å². The second kappa shape index (κ2) is 2.70. The third-order valence-corrected chi connectivity index (χ3v) is 1.78. The highest BCUT2D eigenvalue weighted by atomic mass is 35.5. The molecule has 0 fully saturated rings. The Morgan fingerprint density at radius 2 is 2.31 bits per heavy atom. The normalized spacial score (nSPS) is 10.5. The Morgan fingerprint density at radius 3 is 3.08 bits per heavy atom. The summed E-state index contributed by atoms with van der Waals surface area (Å²) in [5.74, 6) is 0.0692. The lowest BCUT2D eigenvalue weighted by molar-refractivity contribution is 1.18. The van der Waals surface area contributed by atoms with Gasteiger partial charge in [0.1, 0.15) is 5.15 Å². The van der Waals surface area contributed by atoms with Crippen LogP contribution in [0.1, 0.15) is 0 Å². The molecule has 0 aliphatic carbocycles. The van der Waals surface area contributed by atoms with Crippen molar-refractivity contribution >= 4 is 28.5 Å². The number of halogens is 1. The predicted octanol–water partition coefficient (Wildman–Crippen LogP) is 0.554. The van der Waals surface area contributed by atoms with Crippen LogP contribution in [-0.2, 0) is 0 Å². The minimum Gasteiger partial charge on any atom is -0.369 e. The van der Waals surface area contributed by atoms with E-state index in [1.54, 1.807) is 0 Å². The summed E-state index contributed by atoms with van der Waals surface area (Å²) in [4.78, 5) is 21.3. The zero-order valence-electron chi connectivity index (χ0n) is 6.41. The predicted molar refractivity (Wildman–Crippen MR) is 49.6 cm³/mol. The van der Waals surface area contributed by atoms with Gasteiger partial charge in [-0.3, -0.25) is 9.78 Å². The molecule has 5 nitrogen and oxygen atoms in total. The summed E-state index contributed by atoms with van der Waals surface area (Å²) < 4.78 is 0. The molecule has 0 unspecified atom stereocenters. The topological polar surface area (TPSA) is 84.7 Å². The highest BCUT2D eigenvalue weighted by Crippen LogP contribution is 2.11. The second-order valence-corrected chi connectivity index (χ2v) is 2.86. The van der Waals surface area contributed by atoms with E-state index in [-0.39, 0.29) is 16.7 Å². The van der Waals surface area contributed by atoms with Gasteiger partial charge in [-0.1, -0.05) is 11.6 Å². The lowest BCUT2D eigenvalue weighted by Gasteiger charge is -1.97. The van der Waals surface area contributed by atoms with Gasteiger partial charge >= 0.3 is 0 Å². The molecule has 0 spiro atoms. The lowest BCUT2D eigenvalue weighted by atomic mass is 10.3. The van der Waals surface area contributed by atoms with Crippen molar-refractivity contribution in [1.82, 2.24) is 15.0 Å². The molecule has 13 heavy (non-hydrogen) atoms. The number of pyridine rings is 1. The molecule has 66 valence electrons. The van der Waals surface area contributed by atoms with E-state index in [4.69, 9.17) is 17.3 Å². The average Bonchev–Trinajstić information content (AvgIpc) is 2.02. The SMILES string of the molecule is Nc1nc2cc(Cl)ncc2c(=O)[nH]1. The molecule has 0 bridgehead atoms. The average molecular weight is 197 g/mol. The van der Waals surface area contributed by atoms with Crippen LogP contribution in [0.2, 0.25) is 5.15 Å². The quantitative estimate of drug-likeness (QED) is 0.603. The maximum Gasteiger partial charge on any atom is 0.261 e. The van der Waals surface area contributed by atoms with Gasteiger partial charge < -0.3 is 5.73 Å². The first-order chi connectivity index (χ1) is 6.16. The molecule has 0 amide bonds. The third kappa shape index (κ3) is 1.33. The summed E-state index contributed by atoms with van der Waals surface area (Å²) in [6, 6.07) is 1.49. The van der Waals surface area contributed by atoms with Crippen LogP contribution in [0.25, 0.3) is 10.9 Å². The van der Waals surface area contributed by atoms with Gasteiger partial charge in [0, 0.05) is 12.3 Å². The molecule has 0 aliphatic heterocycles. The van der Waals surface area contributed by atoms with Crippen LogP contribution in [0, 0.1) is 0 Å². The minimum atomic E-state index is -0.313. The molecule has 6 heteroatoms. The van der Waals surface area contributed by atoms with Gasteiger partial charge in [0.25, 0.3) is 5.56 Å². The molecular formula is C7H5ClN4O. The van der Waals surface area contributed by atoms with Crippen molar-refractivity contribution in [2.24, 2.45) is 0 Å². The number of hydrogen-bond donors (Lipinski definition) is 2. The Kier molecular flexibility index (Phi) is 1.66. The molecule has 2 aromatic rings. The van der Waals surface area contributed by atoms with Crippen LogP contribution >= 0.6 is 11.6 Å². The summed E-state index contributed by atoms with van der Waals surface area (Å²) in [6.45, 7) is 0. The minimum absolute atomic E-state index is 0.0692. The van der Waals surface area contributed by atoms with Crippen LogP contribution in [0.15, 0.2) is 17.1 Å². The smallest absolute Gasteiger partial charge is 0.261 e. The maximum absolute atomic E-state index is 11.3. The summed E-state index contributed by atoms with van der Waals surface area (Å²) in [6.07, 6.45) is 1.36. The molecule has 0 aromatic carbocycles. The molecule has 0 aliphatic rings. The van der Waals surface area contributed by atoms with Gasteiger partial charge in [0.2, 0.25) is 5.95 Å². The zero-order chi connectivity index (χ0) is 9.42. The molecule has 2 aromatic heterocycles. The van der Waals surface area contributed by atoms with Gasteiger partial charge in [-0.15, -0.1) is 0 Å². The van der Waals surface area contributed by atoms with Crippen molar-refractivity contribution in [3.63, 3.8) is 0 Å². The van der Waals surface area contributed by atoms with Crippen LogP contribution in [0.4, 0.5) is 5.95 Å².